The molecule has 1 atom stereocenters. The number of benzene rings is 1. The largest absolute Gasteiger partial charge is 0.505 e. The summed E-state index contributed by atoms with van der Waals surface area (Å²) in [7, 11) is 0. The van der Waals surface area contributed by atoms with Crippen molar-refractivity contribution < 1.29 is 29.6 Å². The Bertz CT molecular complexity index is 824. The average molecular weight is 369 g/mol. The molecule has 0 saturated heterocycles. The molecular weight excluding hydrogens is 352 g/mol. The fraction of sp³-hybridized carbons (Fsp3) is 0.312. The molecule has 1 aromatic heterocycles. The fourth-order valence-electron chi connectivity index (χ4n) is 2.15. The quantitative estimate of drug-likeness (QED) is 0.569. The zero-order chi connectivity index (χ0) is 18.7. The highest BCUT2D eigenvalue weighted by Crippen LogP contribution is 2.34. The van der Waals surface area contributed by atoms with Crippen LogP contribution in [-0.2, 0) is 4.79 Å². The van der Waals surface area contributed by atoms with E-state index in [-0.39, 0.29) is 16.6 Å². The van der Waals surface area contributed by atoms with Gasteiger partial charge in [0, 0.05) is 10.8 Å². The standard InChI is InChI=1S/C16H17ClN2O6/c1-7(2)25-8-3-4-9-10(5-8)13(21)12(19-14(9)17)15(22)18-11(6-20)16(23)24/h3-5,7,11,20-21H,6H2,1-2H3,(H,18,22)(H,23,24)/t11-/m0/s1. The molecule has 1 aromatic carbocycles. The molecule has 0 aliphatic rings. The number of nitrogens with zero attached hydrogens (tertiary/aromatic N) is 1. The maximum Gasteiger partial charge on any atom is 0.328 e. The summed E-state index contributed by atoms with van der Waals surface area (Å²) in [4.78, 5) is 26.9. The van der Waals surface area contributed by atoms with Crippen molar-refractivity contribution in [1.29, 1.82) is 0 Å². The molecular formula is C16H17ClN2O6. The highest BCUT2D eigenvalue weighted by atomic mass is 35.5. The number of amides is 1. The molecule has 0 fully saturated rings. The number of carbonyl (C=O) groups is 2. The summed E-state index contributed by atoms with van der Waals surface area (Å²) in [5.74, 6) is -2.40. The molecule has 2 aromatic rings. The second-order valence-corrected chi connectivity index (χ2v) is 5.88. The first-order valence-corrected chi connectivity index (χ1v) is 7.75. The van der Waals surface area contributed by atoms with Crippen LogP contribution in [0.2, 0.25) is 5.15 Å². The van der Waals surface area contributed by atoms with Crippen LogP contribution in [0.1, 0.15) is 24.3 Å². The van der Waals surface area contributed by atoms with Crippen LogP contribution in [0.15, 0.2) is 18.2 Å². The predicted octanol–water partition coefficient (Wildman–Crippen LogP) is 1.56. The van der Waals surface area contributed by atoms with Crippen LogP contribution in [0.5, 0.6) is 11.5 Å². The number of aliphatic hydroxyl groups excluding tert-OH is 1. The second-order valence-electron chi connectivity index (χ2n) is 5.52. The summed E-state index contributed by atoms with van der Waals surface area (Å²) < 4.78 is 5.54. The topological polar surface area (TPSA) is 129 Å². The number of ether oxygens (including phenoxy) is 1. The van der Waals surface area contributed by atoms with Crippen LogP contribution in [-0.4, -0.2) is 50.9 Å². The number of aliphatic carboxylic acids is 1. The summed E-state index contributed by atoms with van der Waals surface area (Å²) in [5, 5.41) is 30.9. The highest BCUT2D eigenvalue weighted by molar-refractivity contribution is 6.35. The number of aliphatic hydroxyl groups is 1. The maximum absolute atomic E-state index is 12.2. The van der Waals surface area contributed by atoms with Crippen molar-refractivity contribution in [3.8, 4) is 11.5 Å². The van der Waals surface area contributed by atoms with Crippen LogP contribution >= 0.6 is 11.6 Å². The molecule has 9 heteroatoms. The van der Waals surface area contributed by atoms with Gasteiger partial charge in [-0.1, -0.05) is 11.6 Å². The van der Waals surface area contributed by atoms with Crippen molar-refractivity contribution in [3.63, 3.8) is 0 Å². The van der Waals surface area contributed by atoms with Crippen LogP contribution in [0, 0.1) is 0 Å². The molecule has 1 amide bonds. The minimum atomic E-state index is -1.53. The Morgan fingerprint density at radius 1 is 1.32 bits per heavy atom. The van der Waals surface area contributed by atoms with E-state index in [1.54, 1.807) is 12.1 Å². The van der Waals surface area contributed by atoms with Crippen LogP contribution < -0.4 is 10.1 Å². The lowest BCUT2D eigenvalue weighted by Crippen LogP contribution is -2.43. The van der Waals surface area contributed by atoms with Crippen molar-refractivity contribution in [2.24, 2.45) is 0 Å². The number of carboxylic acid groups (broad SMARTS) is 1. The van der Waals surface area contributed by atoms with E-state index in [9.17, 15) is 14.7 Å². The Labute approximate surface area is 148 Å². The van der Waals surface area contributed by atoms with E-state index in [0.717, 1.165) is 0 Å². The van der Waals surface area contributed by atoms with Gasteiger partial charge in [0.1, 0.15) is 10.9 Å². The van der Waals surface area contributed by atoms with Gasteiger partial charge in [0.15, 0.2) is 17.5 Å². The van der Waals surface area contributed by atoms with Gasteiger partial charge in [-0.15, -0.1) is 0 Å². The van der Waals surface area contributed by atoms with Gasteiger partial charge in [-0.05, 0) is 32.0 Å². The van der Waals surface area contributed by atoms with Gasteiger partial charge in [-0.2, -0.15) is 0 Å². The molecule has 134 valence electrons. The van der Waals surface area contributed by atoms with Gasteiger partial charge < -0.3 is 25.4 Å². The zero-order valence-electron chi connectivity index (χ0n) is 13.5. The SMILES string of the molecule is CC(C)Oc1ccc2c(Cl)nc(C(=O)N[C@@H](CO)C(=O)O)c(O)c2c1. The van der Waals surface area contributed by atoms with E-state index in [2.05, 4.69) is 10.3 Å². The number of pyridine rings is 1. The van der Waals surface area contributed by atoms with Crippen LogP contribution in [0.3, 0.4) is 0 Å². The van der Waals surface area contributed by atoms with E-state index in [0.29, 0.717) is 11.1 Å². The minimum Gasteiger partial charge on any atom is -0.505 e. The summed E-state index contributed by atoms with van der Waals surface area (Å²) in [6.45, 7) is 2.86. The Kier molecular flexibility index (Phi) is 5.66. The first-order valence-electron chi connectivity index (χ1n) is 7.38. The van der Waals surface area contributed by atoms with Gasteiger partial charge in [0.25, 0.3) is 5.91 Å². The van der Waals surface area contributed by atoms with Crippen molar-refractivity contribution in [3.05, 3.63) is 29.0 Å². The number of carbonyl (C=O) groups excluding carboxylic acids is 1. The van der Waals surface area contributed by atoms with Gasteiger partial charge in [-0.25, -0.2) is 9.78 Å². The second kappa shape index (κ2) is 7.54. The van der Waals surface area contributed by atoms with Crippen molar-refractivity contribution in [1.82, 2.24) is 10.3 Å². The van der Waals surface area contributed by atoms with Crippen molar-refractivity contribution >= 4 is 34.2 Å². The Morgan fingerprint density at radius 3 is 2.56 bits per heavy atom. The molecule has 0 radical (unpaired) electrons. The van der Waals surface area contributed by atoms with E-state index < -0.39 is 36.0 Å². The van der Waals surface area contributed by atoms with Gasteiger partial charge >= 0.3 is 5.97 Å². The fourth-order valence-corrected chi connectivity index (χ4v) is 2.40. The molecule has 0 saturated carbocycles. The summed E-state index contributed by atoms with van der Waals surface area (Å²) in [5.41, 5.74) is -0.445. The minimum absolute atomic E-state index is 0.0371. The number of carboxylic acids is 1. The maximum atomic E-state index is 12.2. The van der Waals surface area contributed by atoms with E-state index in [4.69, 9.17) is 26.6 Å². The van der Waals surface area contributed by atoms with E-state index in [1.165, 1.54) is 6.07 Å². The monoisotopic (exact) mass is 368 g/mol. The Hall–Kier alpha value is -2.58. The highest BCUT2D eigenvalue weighted by Gasteiger charge is 2.24. The molecule has 25 heavy (non-hydrogen) atoms. The van der Waals surface area contributed by atoms with E-state index >= 15 is 0 Å². The number of aromatic hydroxyl groups is 1. The molecule has 2 rings (SSSR count). The molecule has 0 unspecified atom stereocenters. The van der Waals surface area contributed by atoms with Crippen molar-refractivity contribution in [2.75, 3.05) is 6.61 Å². The summed E-state index contributed by atoms with van der Waals surface area (Å²) in [6, 6.07) is 3.23. The number of fused-ring (bicyclic) bond motifs is 1. The molecule has 0 bridgehead atoms. The van der Waals surface area contributed by atoms with Crippen molar-refractivity contribution in [2.45, 2.75) is 26.0 Å². The summed E-state index contributed by atoms with van der Waals surface area (Å²) >= 11 is 6.06. The zero-order valence-corrected chi connectivity index (χ0v) is 14.2. The predicted molar refractivity (Wildman–Crippen MR) is 90.2 cm³/mol. The Morgan fingerprint density at radius 2 is 2.00 bits per heavy atom. The lowest BCUT2D eigenvalue weighted by Gasteiger charge is -2.14. The number of hydrogen-bond donors (Lipinski definition) is 4. The first-order chi connectivity index (χ1) is 11.7. The third kappa shape index (κ3) is 4.09. The Balaban J connectivity index is 2.48. The molecule has 0 aliphatic carbocycles. The molecule has 0 aliphatic heterocycles. The first kappa shape index (κ1) is 18.8. The van der Waals surface area contributed by atoms with E-state index in [1.807, 2.05) is 13.8 Å². The number of hydrogen-bond acceptors (Lipinski definition) is 6. The number of aromatic nitrogens is 1. The molecule has 4 N–H and O–H groups in total. The number of nitrogens with one attached hydrogen (secondary N) is 1. The lowest BCUT2D eigenvalue weighted by molar-refractivity contribution is -0.140. The molecule has 8 nitrogen and oxygen atoms in total. The summed E-state index contributed by atoms with van der Waals surface area (Å²) in [6.07, 6.45) is -0.0967. The number of rotatable bonds is 6. The smallest absolute Gasteiger partial charge is 0.328 e. The van der Waals surface area contributed by atoms with Crippen LogP contribution in [0.25, 0.3) is 10.8 Å². The molecule has 1 heterocycles. The lowest BCUT2D eigenvalue weighted by atomic mass is 10.1. The average Bonchev–Trinajstić information content (AvgIpc) is 2.54. The normalized spacial score (nSPS) is 12.2. The van der Waals surface area contributed by atoms with Crippen LogP contribution in [0.4, 0.5) is 0 Å². The van der Waals surface area contributed by atoms with Gasteiger partial charge in [0.05, 0.1) is 12.7 Å². The third-order valence-electron chi connectivity index (χ3n) is 3.28. The third-order valence-corrected chi connectivity index (χ3v) is 3.56. The van der Waals surface area contributed by atoms with Gasteiger partial charge in [0.2, 0.25) is 0 Å². The van der Waals surface area contributed by atoms with Gasteiger partial charge in [-0.3, -0.25) is 4.79 Å². The molecule has 0 spiro atoms. The number of halogens is 1.